The molecule has 0 aliphatic rings. The number of nitrogens with one attached hydrogen (secondary N) is 1. The molecule has 2 aromatic heterocycles. The highest BCUT2D eigenvalue weighted by atomic mass is 16.4. The van der Waals surface area contributed by atoms with E-state index in [2.05, 4.69) is 55.3 Å². The zero-order chi connectivity index (χ0) is 26.3. The average Bonchev–Trinajstić information content (AvgIpc) is 3.30. The molecule has 192 valence electrons. The summed E-state index contributed by atoms with van der Waals surface area (Å²) >= 11 is 0. The van der Waals surface area contributed by atoms with E-state index in [9.17, 15) is 19.8 Å². The highest BCUT2D eigenvalue weighted by Gasteiger charge is 2.24. The molecule has 2 amide bonds. The number of amides is 2. The number of benzene rings is 1. The molecule has 0 aliphatic heterocycles. The van der Waals surface area contributed by atoms with Crippen LogP contribution in [-0.4, -0.2) is 60.7 Å². The normalized spacial score (nSPS) is 13.3. The molecule has 0 unspecified atom stereocenters. The van der Waals surface area contributed by atoms with Crippen molar-refractivity contribution < 1.29 is 24.9 Å². The Morgan fingerprint density at radius 2 is 1.81 bits per heavy atom. The van der Waals surface area contributed by atoms with Crippen LogP contribution in [0.2, 0.25) is 0 Å². The maximum Gasteiger partial charge on any atom is 0.258 e. The van der Waals surface area contributed by atoms with Crippen LogP contribution in [0.25, 0.3) is 16.9 Å². The van der Waals surface area contributed by atoms with Crippen LogP contribution < -0.4 is 5.32 Å². The summed E-state index contributed by atoms with van der Waals surface area (Å²) in [4.78, 5) is 28.0. The van der Waals surface area contributed by atoms with Gasteiger partial charge in [-0.05, 0) is 60.6 Å². The van der Waals surface area contributed by atoms with Gasteiger partial charge in [-0.25, -0.2) is 4.68 Å². The predicted molar refractivity (Wildman–Crippen MR) is 135 cm³/mol. The zero-order valence-electron chi connectivity index (χ0n) is 20.9. The molecule has 3 aromatic rings. The molecule has 0 aliphatic carbocycles. The van der Waals surface area contributed by atoms with Crippen LogP contribution in [0.4, 0.5) is 0 Å². The maximum absolute atomic E-state index is 12.1. The Bertz CT molecular complexity index is 1150. The number of rotatable bonds is 10. The number of unbranched alkanes of at least 4 members (excludes halogenated alkanes) is 1. The minimum atomic E-state index is -1.86. The third-order valence-electron chi connectivity index (χ3n) is 5.89. The van der Waals surface area contributed by atoms with Gasteiger partial charge in [0.15, 0.2) is 6.10 Å². The fraction of sp³-hybridized carbons (Fsp3) is 0.407. The Labute approximate surface area is 210 Å². The fourth-order valence-corrected chi connectivity index (χ4v) is 3.72. The molecule has 36 heavy (non-hydrogen) atoms. The van der Waals surface area contributed by atoms with Crippen molar-refractivity contribution in [3.05, 3.63) is 66.1 Å². The van der Waals surface area contributed by atoms with Crippen LogP contribution in [0.15, 0.2) is 54.9 Å². The SMILES string of the molecule is CC(C)(C)c1ccc(-n2nc(-c3cccnc3)cc2CCCCC(=O)NC(=O)[C@@H](O)[C@H](O)CO)cc1. The first kappa shape index (κ1) is 27.2. The summed E-state index contributed by atoms with van der Waals surface area (Å²) in [5, 5.41) is 34.6. The van der Waals surface area contributed by atoms with Gasteiger partial charge in [-0.15, -0.1) is 0 Å². The maximum atomic E-state index is 12.1. The Hall–Kier alpha value is -3.40. The molecular weight excluding hydrogens is 460 g/mol. The molecule has 0 saturated carbocycles. The Morgan fingerprint density at radius 1 is 1.08 bits per heavy atom. The van der Waals surface area contributed by atoms with E-state index in [1.807, 2.05) is 22.9 Å². The quantitative estimate of drug-likeness (QED) is 0.317. The number of carbonyl (C=O) groups is 2. The lowest BCUT2D eigenvalue weighted by molar-refractivity contribution is -0.141. The van der Waals surface area contributed by atoms with E-state index < -0.39 is 30.6 Å². The molecule has 0 bridgehead atoms. The smallest absolute Gasteiger partial charge is 0.258 e. The topological polar surface area (TPSA) is 138 Å². The molecule has 4 N–H and O–H groups in total. The summed E-state index contributed by atoms with van der Waals surface area (Å²) in [7, 11) is 0. The number of aliphatic hydroxyl groups is 3. The van der Waals surface area contributed by atoms with E-state index in [1.54, 1.807) is 12.4 Å². The molecule has 2 atom stereocenters. The second-order valence-corrected chi connectivity index (χ2v) is 9.79. The second kappa shape index (κ2) is 12.0. The van der Waals surface area contributed by atoms with Crippen molar-refractivity contribution in [2.75, 3.05) is 6.61 Å². The van der Waals surface area contributed by atoms with Gasteiger partial charge in [0.1, 0.15) is 6.10 Å². The van der Waals surface area contributed by atoms with Gasteiger partial charge in [0.2, 0.25) is 5.91 Å². The van der Waals surface area contributed by atoms with E-state index in [1.165, 1.54) is 5.56 Å². The van der Waals surface area contributed by atoms with Crippen molar-refractivity contribution in [3.63, 3.8) is 0 Å². The summed E-state index contributed by atoms with van der Waals surface area (Å²) in [6, 6.07) is 14.1. The summed E-state index contributed by atoms with van der Waals surface area (Å²) in [6.45, 7) is 5.72. The van der Waals surface area contributed by atoms with Crippen LogP contribution in [0.5, 0.6) is 0 Å². The van der Waals surface area contributed by atoms with Crippen molar-refractivity contribution in [1.82, 2.24) is 20.1 Å². The molecule has 9 nitrogen and oxygen atoms in total. The van der Waals surface area contributed by atoms with Gasteiger partial charge in [0.25, 0.3) is 5.91 Å². The first-order valence-corrected chi connectivity index (χ1v) is 12.0. The third kappa shape index (κ3) is 7.07. The fourth-order valence-electron chi connectivity index (χ4n) is 3.72. The van der Waals surface area contributed by atoms with Gasteiger partial charge in [-0.1, -0.05) is 32.9 Å². The Kier molecular flexibility index (Phi) is 9.08. The van der Waals surface area contributed by atoms with E-state index in [0.717, 1.165) is 22.6 Å². The first-order chi connectivity index (χ1) is 17.1. The average molecular weight is 495 g/mol. The van der Waals surface area contributed by atoms with Gasteiger partial charge in [-0.3, -0.25) is 19.9 Å². The van der Waals surface area contributed by atoms with Crippen LogP contribution in [0.1, 0.15) is 51.3 Å². The van der Waals surface area contributed by atoms with E-state index in [-0.39, 0.29) is 11.8 Å². The Morgan fingerprint density at radius 3 is 2.42 bits per heavy atom. The minimum absolute atomic E-state index is 0.0422. The van der Waals surface area contributed by atoms with Crippen LogP contribution >= 0.6 is 0 Å². The second-order valence-electron chi connectivity index (χ2n) is 9.79. The lowest BCUT2D eigenvalue weighted by Crippen LogP contribution is -2.45. The number of hydrogen-bond acceptors (Lipinski definition) is 7. The molecular formula is C27H34N4O5. The van der Waals surface area contributed by atoms with Crippen molar-refractivity contribution in [2.45, 2.75) is 64.1 Å². The number of pyridine rings is 1. The standard InChI is InChI=1S/C27H34N4O5/c1-27(2,3)19-10-12-20(13-11-19)31-21(15-22(30-31)18-7-6-14-28-16-18)8-4-5-9-24(34)29-26(36)25(35)23(33)17-32/h6-7,10-16,23,25,32-33,35H,4-5,8-9,17H2,1-3H3,(H,29,34,36)/t23-,25+/m1/s1. The number of aromatic nitrogens is 3. The molecule has 0 fully saturated rings. The highest BCUT2D eigenvalue weighted by molar-refractivity contribution is 5.97. The largest absolute Gasteiger partial charge is 0.394 e. The molecule has 0 saturated heterocycles. The number of carbonyl (C=O) groups excluding carboxylic acids is 2. The highest BCUT2D eigenvalue weighted by Crippen LogP contribution is 2.26. The van der Waals surface area contributed by atoms with Gasteiger partial charge in [-0.2, -0.15) is 5.10 Å². The number of imide groups is 1. The van der Waals surface area contributed by atoms with Gasteiger partial charge < -0.3 is 15.3 Å². The zero-order valence-corrected chi connectivity index (χ0v) is 20.9. The number of nitrogens with zero attached hydrogens (tertiary/aromatic N) is 3. The molecule has 3 rings (SSSR count). The van der Waals surface area contributed by atoms with Crippen LogP contribution in [0.3, 0.4) is 0 Å². The van der Waals surface area contributed by atoms with Gasteiger partial charge in [0, 0.05) is 30.1 Å². The molecule has 0 spiro atoms. The number of aryl methyl sites for hydroxylation is 1. The molecule has 1 aromatic carbocycles. The van der Waals surface area contributed by atoms with Crippen molar-refractivity contribution in [2.24, 2.45) is 0 Å². The van der Waals surface area contributed by atoms with Crippen molar-refractivity contribution in [1.29, 1.82) is 0 Å². The van der Waals surface area contributed by atoms with Crippen LogP contribution in [-0.2, 0) is 21.4 Å². The van der Waals surface area contributed by atoms with Gasteiger partial charge in [0.05, 0.1) is 18.0 Å². The number of aliphatic hydroxyl groups excluding tert-OH is 3. The summed E-state index contributed by atoms with van der Waals surface area (Å²) in [6.07, 6.45) is 1.90. The molecule has 9 heteroatoms. The Balaban J connectivity index is 1.68. The lowest BCUT2D eigenvalue weighted by atomic mass is 9.87. The summed E-state index contributed by atoms with van der Waals surface area (Å²) in [5.41, 5.74) is 4.90. The monoisotopic (exact) mass is 494 g/mol. The molecule has 2 heterocycles. The van der Waals surface area contributed by atoms with E-state index >= 15 is 0 Å². The number of hydrogen-bond donors (Lipinski definition) is 4. The van der Waals surface area contributed by atoms with Crippen molar-refractivity contribution >= 4 is 11.8 Å². The van der Waals surface area contributed by atoms with E-state index in [4.69, 9.17) is 10.2 Å². The van der Waals surface area contributed by atoms with E-state index in [0.29, 0.717) is 19.3 Å². The summed E-state index contributed by atoms with van der Waals surface area (Å²) < 4.78 is 1.91. The van der Waals surface area contributed by atoms with Crippen molar-refractivity contribution in [3.8, 4) is 16.9 Å². The third-order valence-corrected chi connectivity index (χ3v) is 5.89. The van der Waals surface area contributed by atoms with Gasteiger partial charge >= 0.3 is 0 Å². The summed E-state index contributed by atoms with van der Waals surface area (Å²) in [5.74, 6) is -1.58. The predicted octanol–water partition coefficient (Wildman–Crippen LogP) is 2.30. The van der Waals surface area contributed by atoms with Crippen LogP contribution in [0, 0.1) is 0 Å². The lowest BCUT2D eigenvalue weighted by Gasteiger charge is -2.19. The molecule has 0 radical (unpaired) electrons. The first-order valence-electron chi connectivity index (χ1n) is 12.0. The minimum Gasteiger partial charge on any atom is -0.394 e.